The quantitative estimate of drug-likeness (QED) is 0.706. The molecule has 2 rings (SSSR count). The standard InChI is InChI=1S/C19H22/c1-6-19-15(4)10-17(11-16(19)5)12-18-9-13(2)7-8-14(18)3/h6-11H,1,12H2,2-5H3. The van der Waals surface area contributed by atoms with E-state index in [1.165, 1.54) is 38.9 Å². The van der Waals surface area contributed by atoms with Crippen LogP contribution in [-0.2, 0) is 6.42 Å². The Kier molecular flexibility index (Phi) is 3.90. The molecule has 0 aliphatic heterocycles. The molecule has 0 aromatic heterocycles. The number of rotatable bonds is 3. The Morgan fingerprint density at radius 1 is 0.895 bits per heavy atom. The maximum absolute atomic E-state index is 3.89. The number of hydrogen-bond donors (Lipinski definition) is 0. The average Bonchev–Trinajstić information content (AvgIpc) is 2.33. The first kappa shape index (κ1) is 13.6. The lowest BCUT2D eigenvalue weighted by Crippen LogP contribution is -1.96. The highest BCUT2D eigenvalue weighted by molar-refractivity contribution is 5.57. The monoisotopic (exact) mass is 250 g/mol. The molecule has 0 N–H and O–H groups in total. The van der Waals surface area contributed by atoms with Crippen LogP contribution in [0.25, 0.3) is 6.08 Å². The van der Waals surface area contributed by atoms with Crippen molar-refractivity contribution >= 4 is 6.08 Å². The fraction of sp³-hybridized carbons (Fsp3) is 0.263. The predicted molar refractivity (Wildman–Crippen MR) is 84.7 cm³/mol. The van der Waals surface area contributed by atoms with Crippen LogP contribution in [0.15, 0.2) is 36.9 Å². The molecule has 0 amide bonds. The van der Waals surface area contributed by atoms with Crippen molar-refractivity contribution in [2.45, 2.75) is 34.1 Å². The van der Waals surface area contributed by atoms with E-state index in [-0.39, 0.29) is 0 Å². The molecule has 0 nitrogen and oxygen atoms in total. The molecule has 0 aliphatic rings. The van der Waals surface area contributed by atoms with E-state index < -0.39 is 0 Å². The molecule has 2 aromatic rings. The topological polar surface area (TPSA) is 0 Å². The first-order valence-electron chi connectivity index (χ1n) is 6.80. The molecule has 0 fully saturated rings. The first-order valence-corrected chi connectivity index (χ1v) is 6.80. The molecule has 0 spiro atoms. The van der Waals surface area contributed by atoms with E-state index >= 15 is 0 Å². The summed E-state index contributed by atoms with van der Waals surface area (Å²) in [5.74, 6) is 0. The fourth-order valence-electron chi connectivity index (χ4n) is 2.70. The Labute approximate surface area is 116 Å². The van der Waals surface area contributed by atoms with Crippen molar-refractivity contribution < 1.29 is 0 Å². The number of hydrogen-bond acceptors (Lipinski definition) is 0. The molecule has 98 valence electrons. The zero-order valence-corrected chi connectivity index (χ0v) is 12.4. The van der Waals surface area contributed by atoms with Crippen molar-refractivity contribution in [2.75, 3.05) is 0 Å². The summed E-state index contributed by atoms with van der Waals surface area (Å²) in [6.07, 6.45) is 2.96. The van der Waals surface area contributed by atoms with E-state index in [2.05, 4.69) is 64.6 Å². The zero-order chi connectivity index (χ0) is 14.0. The number of aryl methyl sites for hydroxylation is 4. The Hall–Kier alpha value is -1.82. The van der Waals surface area contributed by atoms with Gasteiger partial charge in [-0.05, 0) is 67.5 Å². The summed E-state index contributed by atoms with van der Waals surface area (Å²) in [6.45, 7) is 12.6. The van der Waals surface area contributed by atoms with Crippen molar-refractivity contribution in [2.24, 2.45) is 0 Å². The van der Waals surface area contributed by atoms with Gasteiger partial charge >= 0.3 is 0 Å². The highest BCUT2D eigenvalue weighted by Gasteiger charge is 2.05. The molecule has 0 aliphatic carbocycles. The molecule has 0 bridgehead atoms. The van der Waals surface area contributed by atoms with Crippen molar-refractivity contribution in [3.05, 3.63) is 75.9 Å². The molecule has 2 aromatic carbocycles. The maximum Gasteiger partial charge on any atom is -0.00228 e. The van der Waals surface area contributed by atoms with E-state index in [1.807, 2.05) is 6.08 Å². The van der Waals surface area contributed by atoms with Gasteiger partial charge in [-0.15, -0.1) is 0 Å². The molecule has 0 saturated carbocycles. The molecule has 0 heterocycles. The van der Waals surface area contributed by atoms with Gasteiger partial charge in [0.1, 0.15) is 0 Å². The first-order chi connectivity index (χ1) is 9.01. The Morgan fingerprint density at radius 2 is 1.53 bits per heavy atom. The van der Waals surface area contributed by atoms with Gasteiger partial charge in [-0.3, -0.25) is 0 Å². The van der Waals surface area contributed by atoms with Crippen molar-refractivity contribution in [3.63, 3.8) is 0 Å². The van der Waals surface area contributed by atoms with Crippen LogP contribution in [0.3, 0.4) is 0 Å². The van der Waals surface area contributed by atoms with E-state index in [1.54, 1.807) is 0 Å². The van der Waals surface area contributed by atoms with Crippen LogP contribution in [0.1, 0.15) is 38.9 Å². The largest absolute Gasteiger partial charge is 0.0985 e. The van der Waals surface area contributed by atoms with Crippen molar-refractivity contribution in [3.8, 4) is 0 Å². The third kappa shape index (κ3) is 2.96. The minimum Gasteiger partial charge on any atom is -0.0985 e. The van der Waals surface area contributed by atoms with Gasteiger partial charge in [0.15, 0.2) is 0 Å². The Bertz CT molecular complexity index is 595. The van der Waals surface area contributed by atoms with Crippen LogP contribution < -0.4 is 0 Å². The molecule has 0 unspecified atom stereocenters. The van der Waals surface area contributed by atoms with Crippen LogP contribution in [-0.4, -0.2) is 0 Å². The summed E-state index contributed by atoms with van der Waals surface area (Å²) in [5, 5.41) is 0. The molecular weight excluding hydrogens is 228 g/mol. The molecular formula is C19H22. The van der Waals surface area contributed by atoms with E-state index in [9.17, 15) is 0 Å². The van der Waals surface area contributed by atoms with Gasteiger partial charge in [0.25, 0.3) is 0 Å². The fourth-order valence-corrected chi connectivity index (χ4v) is 2.70. The lowest BCUT2D eigenvalue weighted by molar-refractivity contribution is 1.13. The van der Waals surface area contributed by atoms with Crippen LogP contribution in [0, 0.1) is 27.7 Å². The normalized spacial score (nSPS) is 10.5. The highest BCUT2D eigenvalue weighted by Crippen LogP contribution is 2.21. The third-order valence-corrected chi connectivity index (χ3v) is 3.76. The Balaban J connectivity index is 2.39. The molecule has 19 heavy (non-hydrogen) atoms. The van der Waals surface area contributed by atoms with Gasteiger partial charge in [0.2, 0.25) is 0 Å². The van der Waals surface area contributed by atoms with E-state index in [0.29, 0.717) is 0 Å². The van der Waals surface area contributed by atoms with Crippen LogP contribution >= 0.6 is 0 Å². The third-order valence-electron chi connectivity index (χ3n) is 3.76. The predicted octanol–water partition coefficient (Wildman–Crippen LogP) is 5.15. The molecule has 0 saturated heterocycles. The minimum atomic E-state index is 1.01. The summed E-state index contributed by atoms with van der Waals surface area (Å²) in [5.41, 5.74) is 9.40. The van der Waals surface area contributed by atoms with Crippen LogP contribution in [0.4, 0.5) is 0 Å². The van der Waals surface area contributed by atoms with Crippen LogP contribution in [0.5, 0.6) is 0 Å². The lowest BCUT2D eigenvalue weighted by atomic mass is 9.94. The van der Waals surface area contributed by atoms with E-state index in [0.717, 1.165) is 6.42 Å². The SMILES string of the molecule is C=Cc1c(C)cc(Cc2cc(C)ccc2C)cc1C. The summed E-state index contributed by atoms with van der Waals surface area (Å²) in [6, 6.07) is 11.2. The Morgan fingerprint density at radius 3 is 2.11 bits per heavy atom. The average molecular weight is 250 g/mol. The van der Waals surface area contributed by atoms with E-state index in [4.69, 9.17) is 0 Å². The molecule has 0 radical (unpaired) electrons. The van der Waals surface area contributed by atoms with Gasteiger partial charge < -0.3 is 0 Å². The van der Waals surface area contributed by atoms with Crippen molar-refractivity contribution in [1.82, 2.24) is 0 Å². The molecule has 0 heteroatoms. The summed E-state index contributed by atoms with van der Waals surface area (Å²) >= 11 is 0. The van der Waals surface area contributed by atoms with Crippen LogP contribution in [0.2, 0.25) is 0 Å². The second-order valence-electron chi connectivity index (χ2n) is 5.45. The minimum absolute atomic E-state index is 1.01. The highest BCUT2D eigenvalue weighted by atomic mass is 14.1. The molecule has 0 atom stereocenters. The van der Waals surface area contributed by atoms with Gasteiger partial charge in [0, 0.05) is 0 Å². The number of benzene rings is 2. The second-order valence-corrected chi connectivity index (χ2v) is 5.45. The van der Waals surface area contributed by atoms with Crippen molar-refractivity contribution in [1.29, 1.82) is 0 Å². The van der Waals surface area contributed by atoms with Gasteiger partial charge in [0.05, 0.1) is 0 Å². The second kappa shape index (κ2) is 5.44. The summed E-state index contributed by atoms with van der Waals surface area (Å²) in [4.78, 5) is 0. The lowest BCUT2D eigenvalue weighted by Gasteiger charge is -2.12. The maximum atomic E-state index is 3.89. The van der Waals surface area contributed by atoms with Gasteiger partial charge in [-0.2, -0.15) is 0 Å². The summed E-state index contributed by atoms with van der Waals surface area (Å²) in [7, 11) is 0. The van der Waals surface area contributed by atoms with Gasteiger partial charge in [-0.25, -0.2) is 0 Å². The zero-order valence-electron chi connectivity index (χ0n) is 12.4. The summed E-state index contributed by atoms with van der Waals surface area (Å²) < 4.78 is 0. The van der Waals surface area contributed by atoms with Gasteiger partial charge in [-0.1, -0.05) is 48.6 Å². The smallest absolute Gasteiger partial charge is 0.00228 e.